The summed E-state index contributed by atoms with van der Waals surface area (Å²) in [7, 11) is 0. The molecule has 8 nitrogen and oxygen atoms in total. The monoisotopic (exact) mass is 778 g/mol. The molecule has 0 amide bonds. The number of ketones is 4. The van der Waals surface area contributed by atoms with Crippen molar-refractivity contribution in [1.29, 1.82) is 0 Å². The summed E-state index contributed by atoms with van der Waals surface area (Å²) < 4.78 is 13.3. The highest BCUT2D eigenvalue weighted by atomic mass is 79.9. The van der Waals surface area contributed by atoms with E-state index in [0.717, 1.165) is 8.95 Å². The molecule has 0 bridgehead atoms. The molecule has 0 N–H and O–H groups in total. The lowest BCUT2D eigenvalue weighted by atomic mass is 9.64. The molecule has 5 rings (SSSR count). The van der Waals surface area contributed by atoms with Crippen LogP contribution in [0.25, 0.3) is 0 Å². The van der Waals surface area contributed by atoms with Crippen molar-refractivity contribution in [3.63, 3.8) is 0 Å². The Morgan fingerprint density at radius 3 is 1.12 bits per heavy atom. The Morgan fingerprint density at radius 1 is 0.542 bits per heavy atom. The van der Waals surface area contributed by atoms with Crippen LogP contribution in [0.15, 0.2) is 81.7 Å². The third kappa shape index (κ3) is 6.13. The lowest BCUT2D eigenvalue weighted by Crippen LogP contribution is -2.54. The number of carbonyl (C=O) groups excluding carboxylic acids is 6. The molecule has 2 heterocycles. The molecule has 0 unspecified atom stereocenters. The van der Waals surface area contributed by atoms with Gasteiger partial charge < -0.3 is 9.47 Å². The number of hydrogen-bond donors (Lipinski definition) is 0. The van der Waals surface area contributed by atoms with Crippen molar-refractivity contribution in [3.8, 4) is 0 Å². The standard InChI is InChI=1S/C38H36Br2O8/c1-35(2)29(23-11-15-25(39)16-12-23)47-33(45)37(5,31(35)43)19-27(41)21-7-9-22(10-8-21)28(42)20-38(6)32(44)36(3,4)30(48-34(38)46)24-13-17-26(40)18-14-24/h7-18,29-30H,19-20H2,1-6H3/t29-,30+,37-,38+. The van der Waals surface area contributed by atoms with E-state index in [4.69, 9.17) is 9.47 Å². The van der Waals surface area contributed by atoms with E-state index < -0.39 is 81.8 Å². The van der Waals surface area contributed by atoms with Gasteiger partial charge in [-0.3, -0.25) is 28.8 Å². The Labute approximate surface area is 296 Å². The van der Waals surface area contributed by atoms with Gasteiger partial charge in [0.2, 0.25) is 0 Å². The molecule has 2 saturated heterocycles. The van der Waals surface area contributed by atoms with Crippen molar-refractivity contribution in [3.05, 3.63) is 104 Å². The number of benzene rings is 3. The van der Waals surface area contributed by atoms with Gasteiger partial charge in [0, 0.05) is 32.9 Å². The van der Waals surface area contributed by atoms with Crippen molar-refractivity contribution >= 4 is 66.9 Å². The average Bonchev–Trinajstić information content (AvgIpc) is 3.04. The second kappa shape index (κ2) is 12.6. The molecule has 2 fully saturated rings. The maximum atomic E-state index is 13.8. The summed E-state index contributed by atoms with van der Waals surface area (Å²) in [6.45, 7) is 9.66. The van der Waals surface area contributed by atoms with Crippen molar-refractivity contribution in [1.82, 2.24) is 0 Å². The van der Waals surface area contributed by atoms with Crippen LogP contribution in [0.1, 0.15) is 98.4 Å². The van der Waals surface area contributed by atoms with Gasteiger partial charge in [0.05, 0.1) is 10.8 Å². The molecule has 3 aromatic rings. The predicted octanol–water partition coefficient (Wildman–Crippen LogP) is 8.16. The summed E-state index contributed by atoms with van der Waals surface area (Å²) in [5.74, 6) is -3.30. The smallest absolute Gasteiger partial charge is 0.320 e. The highest BCUT2D eigenvalue weighted by molar-refractivity contribution is 9.10. The highest BCUT2D eigenvalue weighted by Gasteiger charge is 2.60. The number of Topliss-reactive ketones (excluding diaryl/α,β-unsaturated/α-hetero) is 4. The fourth-order valence-electron chi connectivity index (χ4n) is 6.85. The minimum atomic E-state index is -1.71. The topological polar surface area (TPSA) is 121 Å². The number of halogens is 2. The largest absolute Gasteiger partial charge is 0.456 e. The first-order chi connectivity index (χ1) is 22.3. The van der Waals surface area contributed by atoms with Gasteiger partial charge in [0.25, 0.3) is 0 Å². The number of esters is 2. The Bertz CT molecular complexity index is 1690. The van der Waals surface area contributed by atoms with Gasteiger partial charge in [-0.1, -0.05) is 80.4 Å². The molecular weight excluding hydrogens is 744 g/mol. The molecule has 2 aliphatic heterocycles. The van der Waals surface area contributed by atoms with Crippen molar-refractivity contribution in [2.24, 2.45) is 21.7 Å². The molecule has 10 heteroatoms. The zero-order valence-electron chi connectivity index (χ0n) is 27.5. The van der Waals surface area contributed by atoms with Crippen molar-refractivity contribution in [2.45, 2.75) is 66.6 Å². The molecule has 3 aromatic carbocycles. The fraction of sp³-hybridized carbons (Fsp3) is 0.368. The molecule has 0 radical (unpaired) electrons. The van der Waals surface area contributed by atoms with E-state index in [-0.39, 0.29) is 11.1 Å². The minimum absolute atomic E-state index is 0.194. The molecule has 0 aliphatic carbocycles. The van der Waals surface area contributed by atoms with Crippen LogP contribution in [-0.4, -0.2) is 35.1 Å². The predicted molar refractivity (Wildman–Crippen MR) is 184 cm³/mol. The Kier molecular flexibility index (Phi) is 9.33. The minimum Gasteiger partial charge on any atom is -0.456 e. The van der Waals surface area contributed by atoms with Gasteiger partial charge >= 0.3 is 11.9 Å². The van der Waals surface area contributed by atoms with Gasteiger partial charge in [0.15, 0.2) is 23.1 Å². The zero-order chi connectivity index (χ0) is 35.4. The van der Waals surface area contributed by atoms with Gasteiger partial charge in [0.1, 0.15) is 23.0 Å². The van der Waals surface area contributed by atoms with Crippen LogP contribution in [-0.2, 0) is 28.7 Å². The van der Waals surface area contributed by atoms with E-state index in [9.17, 15) is 28.8 Å². The highest BCUT2D eigenvalue weighted by Crippen LogP contribution is 2.51. The fourth-order valence-corrected chi connectivity index (χ4v) is 7.38. The summed E-state index contributed by atoms with van der Waals surface area (Å²) in [5, 5.41) is 0. The Balaban J connectivity index is 1.29. The van der Waals surface area contributed by atoms with Crippen LogP contribution in [0.5, 0.6) is 0 Å². The molecule has 2 aliphatic rings. The van der Waals surface area contributed by atoms with E-state index >= 15 is 0 Å². The molecule has 0 spiro atoms. The molecule has 4 atom stereocenters. The molecule has 250 valence electrons. The lowest BCUT2D eigenvalue weighted by Gasteiger charge is -2.44. The number of hydrogen-bond acceptors (Lipinski definition) is 8. The van der Waals surface area contributed by atoms with Gasteiger partial charge in [-0.2, -0.15) is 0 Å². The number of cyclic esters (lactones) is 2. The second-order valence-electron chi connectivity index (χ2n) is 14.2. The summed E-state index contributed by atoms with van der Waals surface area (Å²) in [6, 6.07) is 20.1. The van der Waals surface area contributed by atoms with Gasteiger partial charge in [-0.05, 0) is 76.9 Å². The SMILES string of the molecule is CC1(C)C(=O)[C@@](C)(CC(=O)c2ccc(C(=O)C[C@]3(C)C(=O)O[C@@H](c4ccc(Br)cc4)C(C)(C)C3=O)cc2)C(=O)O[C@@H]1c1ccc(Br)cc1. The number of ether oxygens (including phenoxy) is 2. The van der Waals surface area contributed by atoms with E-state index in [1.807, 2.05) is 0 Å². The van der Waals surface area contributed by atoms with Crippen LogP contribution in [0.2, 0.25) is 0 Å². The maximum absolute atomic E-state index is 13.8. The number of rotatable bonds is 8. The molecular formula is C38H36Br2O8. The van der Waals surface area contributed by atoms with Crippen LogP contribution >= 0.6 is 31.9 Å². The molecule has 48 heavy (non-hydrogen) atoms. The summed E-state index contributed by atoms with van der Waals surface area (Å²) in [4.78, 5) is 81.0. The average molecular weight is 781 g/mol. The number of carbonyl (C=O) groups is 6. The first-order valence-electron chi connectivity index (χ1n) is 15.5. The van der Waals surface area contributed by atoms with Crippen molar-refractivity contribution < 1.29 is 38.2 Å². The third-order valence-electron chi connectivity index (χ3n) is 9.74. The van der Waals surface area contributed by atoms with Gasteiger partial charge in [-0.25, -0.2) is 0 Å². The zero-order valence-corrected chi connectivity index (χ0v) is 30.7. The van der Waals surface area contributed by atoms with Crippen LogP contribution in [0, 0.1) is 21.7 Å². The third-order valence-corrected chi connectivity index (χ3v) is 10.8. The van der Waals surface area contributed by atoms with E-state index in [1.54, 1.807) is 76.2 Å². The molecule has 0 aromatic heterocycles. The van der Waals surface area contributed by atoms with Crippen LogP contribution < -0.4 is 0 Å². The second-order valence-corrected chi connectivity index (χ2v) is 16.0. The van der Waals surface area contributed by atoms with Gasteiger partial charge in [-0.15, -0.1) is 0 Å². The van der Waals surface area contributed by atoms with E-state index in [1.165, 1.54) is 38.1 Å². The van der Waals surface area contributed by atoms with E-state index in [2.05, 4.69) is 31.9 Å². The Morgan fingerprint density at radius 2 is 0.833 bits per heavy atom. The van der Waals surface area contributed by atoms with Crippen LogP contribution in [0.3, 0.4) is 0 Å². The molecule has 0 saturated carbocycles. The normalized spacial score (nSPS) is 26.4. The summed E-state index contributed by atoms with van der Waals surface area (Å²) in [6.07, 6.45) is -2.46. The summed E-state index contributed by atoms with van der Waals surface area (Å²) in [5.41, 5.74) is -3.90. The first kappa shape index (κ1) is 35.5. The van der Waals surface area contributed by atoms with Crippen molar-refractivity contribution in [2.75, 3.05) is 0 Å². The van der Waals surface area contributed by atoms with E-state index in [0.29, 0.717) is 11.1 Å². The quantitative estimate of drug-likeness (QED) is 0.128. The van der Waals surface area contributed by atoms with Crippen LogP contribution in [0.4, 0.5) is 0 Å². The first-order valence-corrected chi connectivity index (χ1v) is 17.1. The lowest BCUT2D eigenvalue weighted by molar-refractivity contribution is -0.189. The summed E-state index contributed by atoms with van der Waals surface area (Å²) >= 11 is 6.76. The maximum Gasteiger partial charge on any atom is 0.320 e. The Hall–Kier alpha value is -3.76.